The zero-order chi connectivity index (χ0) is 15.5. The SMILES string of the molecule is COCCC(C(C)=O)c1ccc2c(c1)Cc1cccnc1O2. The van der Waals surface area contributed by atoms with Gasteiger partial charge >= 0.3 is 0 Å². The van der Waals surface area contributed by atoms with E-state index in [2.05, 4.69) is 11.1 Å². The lowest BCUT2D eigenvalue weighted by molar-refractivity contribution is -0.118. The van der Waals surface area contributed by atoms with E-state index in [-0.39, 0.29) is 11.7 Å². The number of carbonyl (C=O) groups is 1. The molecule has 0 aliphatic carbocycles. The third kappa shape index (κ3) is 2.88. The average Bonchev–Trinajstić information content (AvgIpc) is 2.53. The topological polar surface area (TPSA) is 48.4 Å². The Balaban J connectivity index is 1.90. The number of Topliss-reactive ketones (excluding diaryl/α,β-unsaturated/α-hetero) is 1. The molecule has 4 nitrogen and oxygen atoms in total. The Morgan fingerprint density at radius 3 is 3.00 bits per heavy atom. The molecular formula is C18H19NO3. The van der Waals surface area contributed by atoms with Crippen LogP contribution in [0.4, 0.5) is 0 Å². The van der Waals surface area contributed by atoms with Crippen LogP contribution < -0.4 is 4.74 Å². The van der Waals surface area contributed by atoms with E-state index < -0.39 is 0 Å². The number of ketones is 1. The molecule has 0 fully saturated rings. The molecule has 1 aliphatic rings. The van der Waals surface area contributed by atoms with Gasteiger partial charge in [0.15, 0.2) is 0 Å². The number of methoxy groups -OCH3 is 1. The number of hydrogen-bond acceptors (Lipinski definition) is 4. The first-order valence-corrected chi connectivity index (χ1v) is 7.43. The summed E-state index contributed by atoms with van der Waals surface area (Å²) < 4.78 is 11.0. The summed E-state index contributed by atoms with van der Waals surface area (Å²) in [5.41, 5.74) is 3.20. The lowest BCUT2D eigenvalue weighted by Crippen LogP contribution is -2.13. The standard InChI is InChI=1S/C18H19NO3/c1-12(20)16(7-9-21-2)13-5-6-17-15(10-13)11-14-4-3-8-19-18(14)22-17/h3-6,8,10,16H,7,9,11H2,1-2H3. The number of rotatable bonds is 5. The molecule has 0 N–H and O–H groups in total. The van der Waals surface area contributed by atoms with Crippen LogP contribution in [0.15, 0.2) is 36.5 Å². The normalized spacial score (nSPS) is 13.7. The van der Waals surface area contributed by atoms with Gasteiger partial charge in [0.05, 0.1) is 0 Å². The highest BCUT2D eigenvalue weighted by atomic mass is 16.5. The number of fused-ring (bicyclic) bond motifs is 2. The summed E-state index contributed by atoms with van der Waals surface area (Å²) in [5, 5.41) is 0. The molecule has 0 saturated carbocycles. The fraction of sp³-hybridized carbons (Fsp3) is 0.333. The molecular weight excluding hydrogens is 278 g/mol. The monoisotopic (exact) mass is 297 g/mol. The third-order valence-corrected chi connectivity index (χ3v) is 4.03. The first-order chi connectivity index (χ1) is 10.7. The highest BCUT2D eigenvalue weighted by Crippen LogP contribution is 2.36. The van der Waals surface area contributed by atoms with Gasteiger partial charge in [0.2, 0.25) is 5.88 Å². The summed E-state index contributed by atoms with van der Waals surface area (Å²) in [4.78, 5) is 16.2. The lowest BCUT2D eigenvalue weighted by Gasteiger charge is -2.21. The Hall–Kier alpha value is -2.20. The van der Waals surface area contributed by atoms with Crippen molar-refractivity contribution in [2.45, 2.75) is 25.7 Å². The van der Waals surface area contributed by atoms with Crippen molar-refractivity contribution in [1.82, 2.24) is 4.98 Å². The predicted octanol–water partition coefficient (Wildman–Crippen LogP) is 3.49. The van der Waals surface area contributed by atoms with E-state index in [9.17, 15) is 4.79 Å². The first kappa shape index (κ1) is 14.7. The van der Waals surface area contributed by atoms with Crippen molar-refractivity contribution >= 4 is 5.78 Å². The summed E-state index contributed by atoms with van der Waals surface area (Å²) in [5.74, 6) is 1.53. The van der Waals surface area contributed by atoms with Crippen LogP contribution in [0, 0.1) is 0 Å². The molecule has 2 aromatic rings. The van der Waals surface area contributed by atoms with Gasteiger partial charge in [-0.05, 0) is 36.6 Å². The molecule has 114 valence electrons. The lowest BCUT2D eigenvalue weighted by atomic mass is 9.89. The van der Waals surface area contributed by atoms with E-state index in [0.717, 1.165) is 28.9 Å². The summed E-state index contributed by atoms with van der Waals surface area (Å²) in [6.45, 7) is 2.21. The Kier molecular flexibility index (Phi) is 4.20. The molecule has 1 aliphatic heterocycles. The second kappa shape index (κ2) is 6.28. The number of benzene rings is 1. The molecule has 4 heteroatoms. The number of carbonyl (C=O) groups excluding carboxylic acids is 1. The molecule has 1 aromatic carbocycles. The smallest absolute Gasteiger partial charge is 0.222 e. The van der Waals surface area contributed by atoms with Crippen molar-refractivity contribution in [2.75, 3.05) is 13.7 Å². The van der Waals surface area contributed by atoms with Crippen LogP contribution in [0.1, 0.15) is 36.0 Å². The van der Waals surface area contributed by atoms with Gasteiger partial charge in [-0.3, -0.25) is 4.79 Å². The van der Waals surface area contributed by atoms with Crippen LogP contribution in [-0.4, -0.2) is 24.5 Å². The van der Waals surface area contributed by atoms with Gasteiger partial charge in [0.1, 0.15) is 11.5 Å². The number of ether oxygens (including phenoxy) is 2. The van der Waals surface area contributed by atoms with Gasteiger partial charge in [-0.15, -0.1) is 0 Å². The van der Waals surface area contributed by atoms with E-state index in [1.807, 2.05) is 24.3 Å². The third-order valence-electron chi connectivity index (χ3n) is 4.03. The van der Waals surface area contributed by atoms with Gasteiger partial charge in [-0.2, -0.15) is 0 Å². The van der Waals surface area contributed by atoms with E-state index in [1.54, 1.807) is 20.2 Å². The maximum absolute atomic E-state index is 11.9. The molecule has 1 unspecified atom stereocenters. The van der Waals surface area contributed by atoms with E-state index >= 15 is 0 Å². The van der Waals surface area contributed by atoms with Crippen molar-refractivity contribution < 1.29 is 14.3 Å². The van der Waals surface area contributed by atoms with Gasteiger partial charge in [-0.1, -0.05) is 18.2 Å². The molecule has 1 atom stereocenters. The van der Waals surface area contributed by atoms with Crippen molar-refractivity contribution in [3.05, 3.63) is 53.2 Å². The maximum Gasteiger partial charge on any atom is 0.222 e. The second-order valence-electron chi connectivity index (χ2n) is 5.56. The van der Waals surface area contributed by atoms with E-state index in [0.29, 0.717) is 18.9 Å². The minimum Gasteiger partial charge on any atom is -0.438 e. The second-order valence-corrected chi connectivity index (χ2v) is 5.56. The fourth-order valence-corrected chi connectivity index (χ4v) is 2.85. The quantitative estimate of drug-likeness (QED) is 0.723. The van der Waals surface area contributed by atoms with Crippen molar-refractivity contribution in [2.24, 2.45) is 0 Å². The first-order valence-electron chi connectivity index (χ1n) is 7.43. The van der Waals surface area contributed by atoms with E-state index in [1.165, 1.54) is 0 Å². The molecule has 0 amide bonds. The molecule has 22 heavy (non-hydrogen) atoms. The zero-order valence-corrected chi connectivity index (χ0v) is 12.8. The molecule has 3 rings (SSSR count). The average molecular weight is 297 g/mol. The van der Waals surface area contributed by atoms with Crippen molar-refractivity contribution in [1.29, 1.82) is 0 Å². The molecule has 0 saturated heterocycles. The Morgan fingerprint density at radius 2 is 2.23 bits per heavy atom. The summed E-state index contributed by atoms with van der Waals surface area (Å²) in [6.07, 6.45) is 3.21. The van der Waals surface area contributed by atoms with Gasteiger partial charge < -0.3 is 9.47 Å². The van der Waals surface area contributed by atoms with Crippen molar-refractivity contribution in [3.8, 4) is 11.6 Å². The molecule has 2 heterocycles. The van der Waals surface area contributed by atoms with Crippen LogP contribution >= 0.6 is 0 Å². The highest BCUT2D eigenvalue weighted by molar-refractivity contribution is 5.83. The van der Waals surface area contributed by atoms with Gasteiger partial charge in [0.25, 0.3) is 0 Å². The zero-order valence-electron chi connectivity index (χ0n) is 12.8. The molecule has 0 bridgehead atoms. The summed E-state index contributed by atoms with van der Waals surface area (Å²) >= 11 is 0. The Labute approximate surface area is 130 Å². The van der Waals surface area contributed by atoms with Crippen LogP contribution in [-0.2, 0) is 16.0 Å². The van der Waals surface area contributed by atoms with Crippen molar-refractivity contribution in [3.63, 3.8) is 0 Å². The Bertz CT molecular complexity index is 696. The van der Waals surface area contributed by atoms with Crippen LogP contribution in [0.25, 0.3) is 0 Å². The van der Waals surface area contributed by atoms with Gasteiger partial charge in [0, 0.05) is 37.8 Å². The number of nitrogens with zero attached hydrogens (tertiary/aromatic N) is 1. The summed E-state index contributed by atoms with van der Waals surface area (Å²) in [7, 11) is 1.65. The van der Waals surface area contributed by atoms with Crippen LogP contribution in [0.5, 0.6) is 11.6 Å². The van der Waals surface area contributed by atoms with E-state index in [4.69, 9.17) is 9.47 Å². The maximum atomic E-state index is 11.9. The Morgan fingerprint density at radius 1 is 1.36 bits per heavy atom. The molecule has 0 spiro atoms. The minimum absolute atomic E-state index is 0.124. The summed E-state index contributed by atoms with van der Waals surface area (Å²) in [6, 6.07) is 9.91. The predicted molar refractivity (Wildman–Crippen MR) is 83.5 cm³/mol. The molecule has 1 aromatic heterocycles. The van der Waals surface area contributed by atoms with Gasteiger partial charge in [-0.25, -0.2) is 4.98 Å². The number of aromatic nitrogens is 1. The number of hydrogen-bond donors (Lipinski definition) is 0. The van der Waals surface area contributed by atoms with Crippen LogP contribution in [0.2, 0.25) is 0 Å². The fourth-order valence-electron chi connectivity index (χ4n) is 2.85. The molecule has 0 radical (unpaired) electrons. The van der Waals surface area contributed by atoms with Crippen LogP contribution in [0.3, 0.4) is 0 Å². The largest absolute Gasteiger partial charge is 0.438 e. The number of pyridine rings is 1. The minimum atomic E-state index is -0.124. The highest BCUT2D eigenvalue weighted by Gasteiger charge is 2.22.